The van der Waals surface area contributed by atoms with Gasteiger partial charge in [-0.05, 0) is 0 Å². The van der Waals surface area contributed by atoms with Crippen molar-refractivity contribution in [1.82, 2.24) is 9.97 Å². The van der Waals surface area contributed by atoms with Crippen LogP contribution in [0.2, 0.25) is 0 Å². The number of hydrogen-bond acceptors (Lipinski definition) is 4. The molecule has 2 heterocycles. The lowest BCUT2D eigenvalue weighted by Gasteiger charge is -2.07. The Kier molecular flexibility index (Phi) is 2.40. The molecule has 0 radical (unpaired) electrons. The lowest BCUT2D eigenvalue weighted by atomic mass is 10.2. The largest absolute Gasteiger partial charge is 0.373 e. The van der Waals surface area contributed by atoms with Gasteiger partial charge in [-0.25, -0.2) is 9.97 Å². The van der Waals surface area contributed by atoms with Gasteiger partial charge in [0.2, 0.25) is 0 Å². The lowest BCUT2D eigenvalue weighted by molar-refractivity contribution is 0.908. The minimum absolute atomic E-state index is 0.909. The number of aromatic nitrogens is 2. The van der Waals surface area contributed by atoms with Crippen LogP contribution in [-0.4, -0.2) is 17.0 Å². The summed E-state index contributed by atoms with van der Waals surface area (Å²) in [6.07, 6.45) is 0.909. The van der Waals surface area contributed by atoms with Crippen molar-refractivity contribution in [2.24, 2.45) is 0 Å². The van der Waals surface area contributed by atoms with Crippen molar-refractivity contribution in [1.29, 1.82) is 0 Å². The van der Waals surface area contributed by atoms with Crippen molar-refractivity contribution in [3.8, 4) is 0 Å². The van der Waals surface area contributed by atoms with Crippen molar-refractivity contribution in [3.63, 3.8) is 0 Å². The maximum Gasteiger partial charge on any atom is 0.133 e. The fraction of sp³-hybridized carbons (Fsp3) is 0.556. The monoisotopic (exact) mass is 195 g/mol. The van der Waals surface area contributed by atoms with Gasteiger partial charge in [-0.1, -0.05) is 6.92 Å². The SMILES string of the molecule is CCc1nc2c(c(NC)n1)CSC2. The summed E-state index contributed by atoms with van der Waals surface area (Å²) in [4.78, 5) is 8.95. The van der Waals surface area contributed by atoms with Crippen LogP contribution in [0.5, 0.6) is 0 Å². The van der Waals surface area contributed by atoms with Crippen LogP contribution in [0.15, 0.2) is 0 Å². The number of hydrogen-bond donors (Lipinski definition) is 1. The highest BCUT2D eigenvalue weighted by Gasteiger charge is 2.18. The highest BCUT2D eigenvalue weighted by atomic mass is 32.2. The molecule has 0 unspecified atom stereocenters. The smallest absolute Gasteiger partial charge is 0.133 e. The topological polar surface area (TPSA) is 37.8 Å². The van der Waals surface area contributed by atoms with E-state index in [2.05, 4.69) is 22.2 Å². The molecule has 1 aliphatic rings. The normalized spacial score (nSPS) is 14.3. The molecule has 0 saturated heterocycles. The van der Waals surface area contributed by atoms with Crippen molar-refractivity contribution < 1.29 is 0 Å². The van der Waals surface area contributed by atoms with Crippen LogP contribution < -0.4 is 5.32 Å². The zero-order valence-electron chi connectivity index (χ0n) is 7.92. The molecule has 70 valence electrons. The van der Waals surface area contributed by atoms with Crippen LogP contribution in [0.25, 0.3) is 0 Å². The van der Waals surface area contributed by atoms with Gasteiger partial charge in [0.1, 0.15) is 11.6 Å². The van der Waals surface area contributed by atoms with Crippen molar-refractivity contribution >= 4 is 17.6 Å². The first kappa shape index (κ1) is 8.81. The van der Waals surface area contributed by atoms with Gasteiger partial charge >= 0.3 is 0 Å². The molecule has 0 aliphatic carbocycles. The number of rotatable bonds is 2. The molecule has 1 aromatic heterocycles. The highest BCUT2D eigenvalue weighted by Crippen LogP contribution is 2.32. The van der Waals surface area contributed by atoms with E-state index in [0.29, 0.717) is 0 Å². The molecule has 0 aromatic carbocycles. The minimum atomic E-state index is 0.909. The summed E-state index contributed by atoms with van der Waals surface area (Å²) in [7, 11) is 1.92. The van der Waals surface area contributed by atoms with Crippen LogP contribution in [0.1, 0.15) is 24.0 Å². The zero-order chi connectivity index (χ0) is 9.26. The summed E-state index contributed by atoms with van der Waals surface area (Å²) in [5.41, 5.74) is 2.52. The minimum Gasteiger partial charge on any atom is -0.373 e. The van der Waals surface area contributed by atoms with Gasteiger partial charge in [0, 0.05) is 30.5 Å². The molecule has 2 rings (SSSR count). The van der Waals surface area contributed by atoms with E-state index in [-0.39, 0.29) is 0 Å². The molecule has 0 saturated carbocycles. The Balaban J connectivity index is 2.49. The molecule has 1 aromatic rings. The molecule has 13 heavy (non-hydrogen) atoms. The Morgan fingerprint density at radius 1 is 1.38 bits per heavy atom. The molecule has 0 atom stereocenters. The molecule has 0 fully saturated rings. The maximum absolute atomic E-state index is 4.51. The Hall–Kier alpha value is -0.770. The Bertz CT molecular complexity index is 325. The zero-order valence-corrected chi connectivity index (χ0v) is 8.74. The van der Waals surface area contributed by atoms with Gasteiger partial charge < -0.3 is 5.32 Å². The summed E-state index contributed by atoms with van der Waals surface area (Å²) in [5.74, 6) is 4.06. The number of thioether (sulfide) groups is 1. The van der Waals surface area contributed by atoms with Crippen LogP contribution >= 0.6 is 11.8 Å². The summed E-state index contributed by atoms with van der Waals surface area (Å²) >= 11 is 1.91. The quantitative estimate of drug-likeness (QED) is 0.781. The third kappa shape index (κ3) is 1.50. The van der Waals surface area contributed by atoms with Gasteiger partial charge in [-0.2, -0.15) is 11.8 Å². The van der Waals surface area contributed by atoms with E-state index in [4.69, 9.17) is 0 Å². The molecule has 1 aliphatic heterocycles. The predicted octanol–water partition coefficient (Wildman–Crippen LogP) is 1.83. The number of nitrogens with zero attached hydrogens (tertiary/aromatic N) is 2. The van der Waals surface area contributed by atoms with Gasteiger partial charge in [-0.3, -0.25) is 0 Å². The molecular weight excluding hydrogens is 182 g/mol. The van der Waals surface area contributed by atoms with Crippen LogP contribution in [0, 0.1) is 0 Å². The molecule has 4 heteroatoms. The summed E-state index contributed by atoms with van der Waals surface area (Å²) in [5, 5.41) is 3.14. The van der Waals surface area contributed by atoms with E-state index < -0.39 is 0 Å². The lowest BCUT2D eigenvalue weighted by Crippen LogP contribution is -2.04. The first-order valence-electron chi connectivity index (χ1n) is 4.49. The third-order valence-corrected chi connectivity index (χ3v) is 3.15. The van der Waals surface area contributed by atoms with Gasteiger partial charge in [0.05, 0.1) is 5.69 Å². The van der Waals surface area contributed by atoms with E-state index in [9.17, 15) is 0 Å². The standard InChI is InChI=1S/C9H13N3S/c1-3-8-11-7-5-13-4-6(7)9(10-2)12-8/h3-5H2,1-2H3,(H,10,11,12). The fourth-order valence-corrected chi connectivity index (χ4v) is 2.51. The number of fused-ring (bicyclic) bond motifs is 1. The molecule has 1 N–H and O–H groups in total. The first-order chi connectivity index (χ1) is 6.35. The number of aryl methyl sites for hydroxylation is 1. The molecule has 0 amide bonds. The predicted molar refractivity (Wildman–Crippen MR) is 56.0 cm³/mol. The molecular formula is C9H13N3S. The third-order valence-electron chi connectivity index (χ3n) is 2.18. The average Bonchev–Trinajstić information content (AvgIpc) is 2.63. The van der Waals surface area contributed by atoms with Gasteiger partial charge in [-0.15, -0.1) is 0 Å². The Morgan fingerprint density at radius 2 is 2.23 bits per heavy atom. The summed E-state index contributed by atoms with van der Waals surface area (Å²) in [6, 6.07) is 0. The number of anilines is 1. The van der Waals surface area contributed by atoms with E-state index in [0.717, 1.165) is 29.6 Å². The van der Waals surface area contributed by atoms with Gasteiger partial charge in [0.15, 0.2) is 0 Å². The van der Waals surface area contributed by atoms with Crippen LogP contribution in [0.4, 0.5) is 5.82 Å². The number of nitrogens with one attached hydrogen (secondary N) is 1. The molecule has 0 bridgehead atoms. The average molecular weight is 195 g/mol. The Morgan fingerprint density at radius 3 is 2.92 bits per heavy atom. The summed E-state index contributed by atoms with van der Waals surface area (Å²) < 4.78 is 0. The Labute approximate surface area is 82.4 Å². The van der Waals surface area contributed by atoms with E-state index in [1.54, 1.807) is 0 Å². The summed E-state index contributed by atoms with van der Waals surface area (Å²) in [6.45, 7) is 2.09. The van der Waals surface area contributed by atoms with Crippen molar-refractivity contribution in [2.75, 3.05) is 12.4 Å². The second kappa shape index (κ2) is 3.54. The first-order valence-corrected chi connectivity index (χ1v) is 5.64. The molecule has 3 nitrogen and oxygen atoms in total. The van der Waals surface area contributed by atoms with Crippen LogP contribution in [-0.2, 0) is 17.9 Å². The maximum atomic E-state index is 4.51. The van der Waals surface area contributed by atoms with E-state index in [1.807, 2.05) is 18.8 Å². The van der Waals surface area contributed by atoms with E-state index in [1.165, 1.54) is 11.3 Å². The van der Waals surface area contributed by atoms with Crippen molar-refractivity contribution in [2.45, 2.75) is 24.9 Å². The highest BCUT2D eigenvalue weighted by molar-refractivity contribution is 7.98. The van der Waals surface area contributed by atoms with E-state index >= 15 is 0 Å². The second-order valence-corrected chi connectivity index (χ2v) is 4.00. The molecule has 0 spiro atoms. The van der Waals surface area contributed by atoms with Gasteiger partial charge in [0.25, 0.3) is 0 Å². The fourth-order valence-electron chi connectivity index (χ4n) is 1.47. The van der Waals surface area contributed by atoms with Crippen molar-refractivity contribution in [3.05, 3.63) is 17.1 Å². The van der Waals surface area contributed by atoms with Crippen LogP contribution in [0.3, 0.4) is 0 Å². The second-order valence-electron chi connectivity index (χ2n) is 3.01.